The largest absolute Gasteiger partial charge is 0.472 e. The molecular weight excluding hydrogens is 1220 g/mol. The zero-order chi connectivity index (χ0) is 68.7. The topological polar surface area (TPSA) is 237 Å². The molecule has 0 aromatic heterocycles. The number of hydrogen-bond acceptors (Lipinski definition) is 15. The van der Waals surface area contributed by atoms with Crippen LogP contribution in [0, 0.1) is 17.8 Å². The van der Waals surface area contributed by atoms with Crippen molar-refractivity contribution in [2.75, 3.05) is 39.6 Å². The highest BCUT2D eigenvalue weighted by Gasteiger charge is 2.30. The van der Waals surface area contributed by atoms with Gasteiger partial charge in [-0.25, -0.2) is 9.13 Å². The Hall–Kier alpha value is -2.46. The molecule has 0 aliphatic rings. The Morgan fingerprint density at radius 2 is 0.581 bits per heavy atom. The molecule has 3 unspecified atom stereocenters. The van der Waals surface area contributed by atoms with E-state index in [0.29, 0.717) is 25.7 Å². The van der Waals surface area contributed by atoms with E-state index in [-0.39, 0.29) is 25.7 Å². The molecule has 0 aromatic carbocycles. The lowest BCUT2D eigenvalue weighted by Crippen LogP contribution is -2.30. The monoisotopic (exact) mass is 1360 g/mol. The first-order chi connectivity index (χ1) is 44.7. The number of aliphatic hydroxyl groups is 1. The second-order valence-corrected chi connectivity index (χ2v) is 30.3. The minimum atomic E-state index is -4.96. The van der Waals surface area contributed by atoms with Gasteiger partial charge >= 0.3 is 39.5 Å². The summed E-state index contributed by atoms with van der Waals surface area (Å²) in [5, 5.41) is 10.6. The predicted molar refractivity (Wildman–Crippen MR) is 377 cm³/mol. The van der Waals surface area contributed by atoms with Crippen molar-refractivity contribution in [3.8, 4) is 0 Å². The number of rotatable bonds is 70. The Morgan fingerprint density at radius 1 is 0.333 bits per heavy atom. The van der Waals surface area contributed by atoms with Crippen LogP contribution in [-0.2, 0) is 65.4 Å². The molecule has 0 heterocycles. The predicted octanol–water partition coefficient (Wildman–Crippen LogP) is 21.0. The summed E-state index contributed by atoms with van der Waals surface area (Å²) in [7, 11) is -9.92. The molecule has 0 amide bonds. The Bertz CT molecular complexity index is 1910. The zero-order valence-electron chi connectivity index (χ0n) is 60.2. The van der Waals surface area contributed by atoms with Gasteiger partial charge in [-0.2, -0.15) is 0 Å². The van der Waals surface area contributed by atoms with E-state index in [1.807, 2.05) is 0 Å². The maximum absolute atomic E-state index is 13.1. The van der Waals surface area contributed by atoms with Gasteiger partial charge in [0.25, 0.3) is 0 Å². The molecule has 0 radical (unpaired) electrons. The minimum absolute atomic E-state index is 0.0846. The van der Waals surface area contributed by atoms with Crippen LogP contribution in [0.25, 0.3) is 0 Å². The number of phosphoric acid groups is 2. The van der Waals surface area contributed by atoms with Crippen LogP contribution in [0.3, 0.4) is 0 Å². The fourth-order valence-electron chi connectivity index (χ4n) is 10.7. The van der Waals surface area contributed by atoms with E-state index in [4.69, 9.17) is 37.0 Å². The lowest BCUT2D eigenvalue weighted by molar-refractivity contribution is -0.161. The van der Waals surface area contributed by atoms with Gasteiger partial charge in [-0.3, -0.25) is 37.3 Å². The molecule has 0 aliphatic heterocycles. The Morgan fingerprint density at radius 3 is 0.871 bits per heavy atom. The molecule has 0 rings (SSSR count). The Labute approximate surface area is 567 Å². The molecule has 0 bridgehead atoms. The standard InChI is InChI=1S/C74H140O17P2/c1-8-9-10-11-12-13-14-15-16-17-22-27-36-43-50-57-73(78)90-69(61-84-71(76)55-48-41-34-26-21-19-18-20-24-31-38-45-52-65(2)3)63-88-92(80,81)86-59-68(75)60-87-93(82,83)89-64-70(62-85-72(77)56-49-42-35-30-29-33-40-47-54-67(6)7)91-74(79)58-51-44-37-28-23-25-32-39-46-53-66(4)5/h13-16,65-70,75H,8-12,17-64H2,1-7H3,(H,80,81)(H,82,83)/b14-13-,16-15-/t68?,69-,70-/m1/s1. The summed E-state index contributed by atoms with van der Waals surface area (Å²) in [5.74, 6) is 0.0869. The second kappa shape index (κ2) is 64.2. The van der Waals surface area contributed by atoms with Crippen molar-refractivity contribution in [2.45, 2.75) is 369 Å². The van der Waals surface area contributed by atoms with Crippen molar-refractivity contribution < 1.29 is 80.2 Å². The van der Waals surface area contributed by atoms with Crippen LogP contribution in [0.5, 0.6) is 0 Å². The van der Waals surface area contributed by atoms with Crippen LogP contribution >= 0.6 is 15.6 Å². The van der Waals surface area contributed by atoms with E-state index >= 15 is 0 Å². The zero-order valence-corrected chi connectivity index (χ0v) is 62.0. The summed E-state index contributed by atoms with van der Waals surface area (Å²) >= 11 is 0. The van der Waals surface area contributed by atoms with Crippen molar-refractivity contribution in [2.24, 2.45) is 17.8 Å². The lowest BCUT2D eigenvalue weighted by Gasteiger charge is -2.21. The van der Waals surface area contributed by atoms with Gasteiger partial charge in [-0.05, 0) is 69.1 Å². The second-order valence-electron chi connectivity index (χ2n) is 27.4. The fourth-order valence-corrected chi connectivity index (χ4v) is 12.3. The van der Waals surface area contributed by atoms with Crippen molar-refractivity contribution in [3.05, 3.63) is 24.3 Å². The molecule has 0 aromatic rings. The van der Waals surface area contributed by atoms with Gasteiger partial charge < -0.3 is 33.8 Å². The maximum Gasteiger partial charge on any atom is 0.472 e. The van der Waals surface area contributed by atoms with Crippen LogP contribution in [0.2, 0.25) is 0 Å². The SMILES string of the molecule is CCCCCC/C=C\C=C/CCCCCCCC(=O)O[C@H](COC(=O)CCCCCCCCCCCCCCC(C)C)COP(=O)(O)OCC(O)COP(=O)(O)OC[C@@H](COC(=O)CCCCCCCCCCC(C)C)OC(=O)CCCCCCCCCCCC(C)C. The third kappa shape index (κ3) is 67.9. The van der Waals surface area contributed by atoms with Crippen LogP contribution in [0.4, 0.5) is 0 Å². The van der Waals surface area contributed by atoms with Crippen molar-refractivity contribution in [1.29, 1.82) is 0 Å². The van der Waals surface area contributed by atoms with E-state index in [1.54, 1.807) is 0 Å². The molecule has 0 aliphatic carbocycles. The molecule has 17 nitrogen and oxygen atoms in total. The number of esters is 4. The summed E-state index contributed by atoms with van der Waals surface area (Å²) in [6.45, 7) is 11.8. The Kier molecular flexibility index (Phi) is 62.5. The molecule has 3 N–H and O–H groups in total. The molecule has 93 heavy (non-hydrogen) atoms. The van der Waals surface area contributed by atoms with Gasteiger partial charge in [0.05, 0.1) is 26.4 Å². The first kappa shape index (κ1) is 90.5. The van der Waals surface area contributed by atoms with Crippen molar-refractivity contribution >= 4 is 39.5 Å². The van der Waals surface area contributed by atoms with Gasteiger partial charge in [0.2, 0.25) is 0 Å². The number of unbranched alkanes of at least 4 members (excludes halogenated alkanes) is 35. The summed E-state index contributed by atoms with van der Waals surface area (Å²) in [5.41, 5.74) is 0. The summed E-state index contributed by atoms with van der Waals surface area (Å²) in [6, 6.07) is 0. The maximum atomic E-state index is 13.1. The third-order valence-corrected chi connectivity index (χ3v) is 18.4. The average Bonchev–Trinajstić information content (AvgIpc) is 3.65. The normalized spacial score (nSPS) is 14.3. The van der Waals surface area contributed by atoms with Crippen LogP contribution in [0.15, 0.2) is 24.3 Å². The average molecular weight is 1360 g/mol. The molecule has 548 valence electrons. The van der Waals surface area contributed by atoms with E-state index < -0.39 is 97.5 Å². The molecule has 19 heteroatoms. The van der Waals surface area contributed by atoms with Crippen LogP contribution in [0.1, 0.15) is 350 Å². The highest BCUT2D eigenvalue weighted by atomic mass is 31.2. The number of hydrogen-bond donors (Lipinski definition) is 3. The van der Waals surface area contributed by atoms with Crippen LogP contribution < -0.4 is 0 Å². The Balaban J connectivity index is 5.30. The van der Waals surface area contributed by atoms with E-state index in [2.05, 4.69) is 72.8 Å². The third-order valence-electron chi connectivity index (χ3n) is 16.5. The van der Waals surface area contributed by atoms with Gasteiger partial charge in [0.1, 0.15) is 19.3 Å². The molecule has 0 fully saturated rings. The highest BCUT2D eigenvalue weighted by Crippen LogP contribution is 2.45. The summed E-state index contributed by atoms with van der Waals surface area (Å²) in [4.78, 5) is 72.7. The van der Waals surface area contributed by atoms with Crippen molar-refractivity contribution in [1.82, 2.24) is 0 Å². The highest BCUT2D eigenvalue weighted by molar-refractivity contribution is 7.47. The number of carbonyl (C=O) groups is 4. The number of phosphoric ester groups is 2. The lowest BCUT2D eigenvalue weighted by atomic mass is 10.0. The fraction of sp³-hybridized carbons (Fsp3) is 0.892. The number of carbonyl (C=O) groups excluding carboxylic acids is 4. The number of aliphatic hydroxyl groups excluding tert-OH is 1. The van der Waals surface area contributed by atoms with Crippen LogP contribution in [-0.4, -0.2) is 96.7 Å². The summed E-state index contributed by atoms with van der Waals surface area (Å²) in [6.07, 6.45) is 52.2. The van der Waals surface area contributed by atoms with Gasteiger partial charge in [-0.1, -0.05) is 297 Å². The first-order valence-electron chi connectivity index (χ1n) is 37.7. The molecule has 0 spiro atoms. The molecule has 0 saturated heterocycles. The summed E-state index contributed by atoms with van der Waals surface area (Å²) < 4.78 is 68.4. The molecule has 0 saturated carbocycles. The van der Waals surface area contributed by atoms with Gasteiger partial charge in [0, 0.05) is 25.7 Å². The van der Waals surface area contributed by atoms with Crippen molar-refractivity contribution in [3.63, 3.8) is 0 Å². The first-order valence-corrected chi connectivity index (χ1v) is 40.7. The minimum Gasteiger partial charge on any atom is -0.462 e. The number of allylic oxidation sites excluding steroid dienone is 4. The number of ether oxygens (including phenoxy) is 4. The van der Waals surface area contributed by atoms with Gasteiger partial charge in [-0.15, -0.1) is 0 Å². The quantitative estimate of drug-likeness (QED) is 0.0169. The smallest absolute Gasteiger partial charge is 0.462 e. The van der Waals surface area contributed by atoms with Gasteiger partial charge in [0.15, 0.2) is 12.2 Å². The van der Waals surface area contributed by atoms with E-state index in [0.717, 1.165) is 120 Å². The molecule has 5 atom stereocenters. The molecular formula is C74H140O17P2. The van der Waals surface area contributed by atoms with E-state index in [1.165, 1.54) is 148 Å². The van der Waals surface area contributed by atoms with E-state index in [9.17, 15) is 43.2 Å².